The summed E-state index contributed by atoms with van der Waals surface area (Å²) in [5.74, 6) is 1.53. The first-order chi connectivity index (χ1) is 7.42. The Kier molecular flexibility index (Phi) is 3.56. The second-order valence-electron chi connectivity index (χ2n) is 3.84. The van der Waals surface area contributed by atoms with Gasteiger partial charge in [-0.3, -0.25) is 4.98 Å². The Hall–Kier alpha value is -1.09. The molecular formula is C12H18N2O. The maximum absolute atomic E-state index is 5.61. The van der Waals surface area contributed by atoms with E-state index < -0.39 is 0 Å². The predicted octanol–water partition coefficient (Wildman–Crippen LogP) is 1.95. The largest absolute Gasteiger partial charge is 0.492 e. The van der Waals surface area contributed by atoms with E-state index in [4.69, 9.17) is 4.74 Å². The van der Waals surface area contributed by atoms with Crippen LogP contribution in [-0.4, -0.2) is 24.7 Å². The number of ether oxygens (including phenoxy) is 1. The Labute approximate surface area is 90.9 Å². The number of nitrogens with zero attached hydrogens (tertiary/aromatic N) is 1. The Morgan fingerprint density at radius 2 is 2.27 bits per heavy atom. The molecule has 1 N–H and O–H groups in total. The van der Waals surface area contributed by atoms with Crippen LogP contribution in [0.5, 0.6) is 5.75 Å². The lowest BCUT2D eigenvalue weighted by molar-refractivity contribution is 0.326. The van der Waals surface area contributed by atoms with E-state index >= 15 is 0 Å². The highest BCUT2D eigenvalue weighted by atomic mass is 16.5. The van der Waals surface area contributed by atoms with Crippen molar-refractivity contribution in [2.45, 2.75) is 25.7 Å². The number of hydrogen-bond acceptors (Lipinski definition) is 3. The molecular weight excluding hydrogens is 188 g/mol. The molecule has 0 radical (unpaired) electrons. The first-order valence-corrected chi connectivity index (χ1v) is 5.70. The van der Waals surface area contributed by atoms with E-state index in [9.17, 15) is 0 Å². The van der Waals surface area contributed by atoms with Gasteiger partial charge in [-0.1, -0.05) is 0 Å². The fraction of sp³-hybridized carbons (Fsp3) is 0.583. The fourth-order valence-corrected chi connectivity index (χ4v) is 2.08. The van der Waals surface area contributed by atoms with Crippen molar-refractivity contribution in [2.75, 3.05) is 19.7 Å². The molecule has 82 valence electrons. The highest BCUT2D eigenvalue weighted by molar-refractivity contribution is 5.30. The van der Waals surface area contributed by atoms with Crippen LogP contribution in [0.4, 0.5) is 0 Å². The number of hydrogen-bond donors (Lipinski definition) is 1. The van der Waals surface area contributed by atoms with Gasteiger partial charge >= 0.3 is 0 Å². The van der Waals surface area contributed by atoms with Gasteiger partial charge in [0.15, 0.2) is 0 Å². The van der Waals surface area contributed by atoms with E-state index in [1.165, 1.54) is 0 Å². The Bertz CT molecular complexity index is 308. The molecule has 0 atom stereocenters. The van der Waals surface area contributed by atoms with Crippen molar-refractivity contribution in [1.82, 2.24) is 10.3 Å². The van der Waals surface area contributed by atoms with Crippen LogP contribution in [0.3, 0.4) is 0 Å². The van der Waals surface area contributed by atoms with E-state index in [0.29, 0.717) is 12.5 Å². The zero-order valence-corrected chi connectivity index (χ0v) is 9.20. The zero-order chi connectivity index (χ0) is 10.5. The molecule has 1 aliphatic heterocycles. The van der Waals surface area contributed by atoms with Crippen molar-refractivity contribution in [3.63, 3.8) is 0 Å². The lowest BCUT2D eigenvalue weighted by atomic mass is 9.93. The molecule has 1 saturated heterocycles. The molecule has 1 aromatic rings. The molecule has 1 aliphatic rings. The Morgan fingerprint density at radius 3 is 3.00 bits per heavy atom. The topological polar surface area (TPSA) is 34.1 Å². The molecule has 0 spiro atoms. The Morgan fingerprint density at radius 1 is 1.47 bits per heavy atom. The monoisotopic (exact) mass is 206 g/mol. The summed E-state index contributed by atoms with van der Waals surface area (Å²) in [4.78, 5) is 4.47. The summed E-state index contributed by atoms with van der Waals surface area (Å²) in [6.07, 6.45) is 4.19. The average molecular weight is 206 g/mol. The van der Waals surface area contributed by atoms with Crippen LogP contribution in [0.25, 0.3) is 0 Å². The third-order valence-corrected chi connectivity index (χ3v) is 2.83. The smallest absolute Gasteiger partial charge is 0.141 e. The van der Waals surface area contributed by atoms with E-state index in [0.717, 1.165) is 37.4 Å². The second kappa shape index (κ2) is 5.12. The summed E-state index contributed by atoms with van der Waals surface area (Å²) in [6.45, 7) is 4.91. The molecule has 2 rings (SSSR count). The van der Waals surface area contributed by atoms with Gasteiger partial charge in [-0.05, 0) is 45.0 Å². The van der Waals surface area contributed by atoms with E-state index in [2.05, 4.69) is 10.3 Å². The number of pyridine rings is 1. The molecule has 15 heavy (non-hydrogen) atoms. The fourth-order valence-electron chi connectivity index (χ4n) is 2.08. The minimum Gasteiger partial charge on any atom is -0.492 e. The van der Waals surface area contributed by atoms with Gasteiger partial charge in [-0.2, -0.15) is 0 Å². The van der Waals surface area contributed by atoms with Gasteiger partial charge < -0.3 is 10.1 Å². The minimum atomic E-state index is 0.564. The van der Waals surface area contributed by atoms with Gasteiger partial charge in [-0.25, -0.2) is 0 Å². The summed E-state index contributed by atoms with van der Waals surface area (Å²) in [6, 6.07) is 3.96. The highest BCUT2D eigenvalue weighted by Crippen LogP contribution is 2.30. The van der Waals surface area contributed by atoms with Gasteiger partial charge in [0.25, 0.3) is 0 Å². The van der Waals surface area contributed by atoms with Crippen LogP contribution < -0.4 is 10.1 Å². The van der Waals surface area contributed by atoms with Crippen LogP contribution in [0.1, 0.15) is 31.4 Å². The number of nitrogens with one attached hydrogen (secondary N) is 1. The molecule has 3 heteroatoms. The van der Waals surface area contributed by atoms with E-state index in [-0.39, 0.29) is 0 Å². The minimum absolute atomic E-state index is 0.564. The lowest BCUT2D eigenvalue weighted by Gasteiger charge is -2.23. The number of aromatic nitrogens is 1. The molecule has 0 aromatic carbocycles. The number of rotatable bonds is 3. The van der Waals surface area contributed by atoms with Crippen LogP contribution in [-0.2, 0) is 0 Å². The van der Waals surface area contributed by atoms with Crippen molar-refractivity contribution in [1.29, 1.82) is 0 Å². The van der Waals surface area contributed by atoms with E-state index in [1.54, 1.807) is 0 Å². The number of piperidine rings is 1. The van der Waals surface area contributed by atoms with Gasteiger partial charge in [0.2, 0.25) is 0 Å². The normalized spacial score (nSPS) is 17.7. The van der Waals surface area contributed by atoms with Crippen molar-refractivity contribution in [2.24, 2.45) is 0 Å². The van der Waals surface area contributed by atoms with Crippen LogP contribution in [0.15, 0.2) is 18.3 Å². The standard InChI is InChI=1S/C12H18N2O/c1-2-15-11-4-3-7-14-12(11)10-5-8-13-9-6-10/h3-4,7,10,13H,2,5-6,8-9H2,1H3. The van der Waals surface area contributed by atoms with Gasteiger partial charge in [0, 0.05) is 12.1 Å². The predicted molar refractivity (Wildman–Crippen MR) is 60.3 cm³/mol. The van der Waals surface area contributed by atoms with E-state index in [1.807, 2.05) is 25.3 Å². The van der Waals surface area contributed by atoms with Gasteiger partial charge in [0.1, 0.15) is 5.75 Å². The molecule has 0 unspecified atom stereocenters. The summed E-state index contributed by atoms with van der Waals surface area (Å²) in [5.41, 5.74) is 1.14. The van der Waals surface area contributed by atoms with Crippen molar-refractivity contribution >= 4 is 0 Å². The molecule has 0 saturated carbocycles. The Balaban J connectivity index is 2.17. The average Bonchev–Trinajstić information content (AvgIpc) is 2.31. The maximum atomic E-state index is 5.61. The van der Waals surface area contributed by atoms with Crippen LogP contribution in [0.2, 0.25) is 0 Å². The van der Waals surface area contributed by atoms with Gasteiger partial charge in [-0.15, -0.1) is 0 Å². The summed E-state index contributed by atoms with van der Waals surface area (Å²) in [7, 11) is 0. The van der Waals surface area contributed by atoms with Crippen LogP contribution in [0, 0.1) is 0 Å². The SMILES string of the molecule is CCOc1cccnc1C1CCNCC1. The lowest BCUT2D eigenvalue weighted by Crippen LogP contribution is -2.27. The summed E-state index contributed by atoms with van der Waals surface area (Å²) >= 11 is 0. The van der Waals surface area contributed by atoms with Crippen LogP contribution >= 0.6 is 0 Å². The van der Waals surface area contributed by atoms with Crippen molar-refractivity contribution in [3.05, 3.63) is 24.0 Å². The van der Waals surface area contributed by atoms with Gasteiger partial charge in [0.05, 0.1) is 12.3 Å². The second-order valence-corrected chi connectivity index (χ2v) is 3.84. The first-order valence-electron chi connectivity index (χ1n) is 5.70. The molecule has 0 amide bonds. The molecule has 0 aliphatic carbocycles. The molecule has 1 aromatic heterocycles. The third-order valence-electron chi connectivity index (χ3n) is 2.83. The molecule has 3 nitrogen and oxygen atoms in total. The van der Waals surface area contributed by atoms with Crippen molar-refractivity contribution in [3.8, 4) is 5.75 Å². The molecule has 0 bridgehead atoms. The highest BCUT2D eigenvalue weighted by Gasteiger charge is 2.19. The third kappa shape index (κ3) is 2.48. The quantitative estimate of drug-likeness (QED) is 0.820. The van der Waals surface area contributed by atoms with Crippen molar-refractivity contribution < 1.29 is 4.74 Å². The first kappa shape index (κ1) is 10.4. The molecule has 2 heterocycles. The maximum Gasteiger partial charge on any atom is 0.141 e. The molecule has 1 fully saturated rings. The summed E-state index contributed by atoms with van der Waals surface area (Å²) in [5, 5.41) is 3.37. The zero-order valence-electron chi connectivity index (χ0n) is 9.20. The summed E-state index contributed by atoms with van der Waals surface area (Å²) < 4.78 is 5.61.